The van der Waals surface area contributed by atoms with Gasteiger partial charge in [-0.25, -0.2) is 0 Å². The molecule has 3 aromatic rings. The Morgan fingerprint density at radius 2 is 1.67 bits per heavy atom. The van der Waals surface area contributed by atoms with Crippen molar-refractivity contribution >= 4 is 11.9 Å². The number of rotatable bonds is 5. The summed E-state index contributed by atoms with van der Waals surface area (Å²) in [5.41, 5.74) is 3.84. The Morgan fingerprint density at radius 3 is 2.30 bits per heavy atom. The van der Waals surface area contributed by atoms with Gasteiger partial charge >= 0.3 is 5.97 Å². The van der Waals surface area contributed by atoms with Crippen molar-refractivity contribution in [2.45, 2.75) is 25.4 Å². The van der Waals surface area contributed by atoms with E-state index in [0.717, 1.165) is 16.7 Å². The zero-order valence-corrected chi connectivity index (χ0v) is 16.9. The summed E-state index contributed by atoms with van der Waals surface area (Å²) in [6.45, 7) is 2.33. The standard InChI is InChI=1S/C25H23NO4/c1-16-7-9-17(10-8-16)15-26-23(18-11-13-19(30-2)14-12-18)22(25(28)29)20-5-3-4-6-21(20)24(26)27/h3-14,22-23H,15H2,1-2H3,(H,28,29)/t22-,23-/m0/s1. The monoisotopic (exact) mass is 401 g/mol. The zero-order chi connectivity index (χ0) is 21.3. The number of hydrogen-bond donors (Lipinski definition) is 1. The smallest absolute Gasteiger partial charge is 0.313 e. The molecule has 0 fully saturated rings. The minimum atomic E-state index is -0.954. The molecule has 5 heteroatoms. The maximum atomic E-state index is 13.5. The minimum absolute atomic E-state index is 0.163. The molecular weight excluding hydrogens is 378 g/mol. The average Bonchev–Trinajstić information content (AvgIpc) is 2.76. The van der Waals surface area contributed by atoms with E-state index in [9.17, 15) is 14.7 Å². The predicted molar refractivity (Wildman–Crippen MR) is 114 cm³/mol. The van der Waals surface area contributed by atoms with Crippen LogP contribution in [0, 0.1) is 6.92 Å². The number of carbonyl (C=O) groups is 2. The van der Waals surface area contributed by atoms with Crippen LogP contribution in [0.5, 0.6) is 5.75 Å². The summed E-state index contributed by atoms with van der Waals surface area (Å²) in [5, 5.41) is 10.2. The molecule has 3 aromatic carbocycles. The van der Waals surface area contributed by atoms with E-state index in [1.54, 1.807) is 48.4 Å². The molecule has 1 aliphatic heterocycles. The van der Waals surface area contributed by atoms with E-state index in [-0.39, 0.29) is 5.91 Å². The summed E-state index contributed by atoms with van der Waals surface area (Å²) in [5.74, 6) is -1.30. The molecule has 5 nitrogen and oxygen atoms in total. The van der Waals surface area contributed by atoms with Crippen molar-refractivity contribution in [2.24, 2.45) is 0 Å². The fourth-order valence-electron chi connectivity index (χ4n) is 4.10. The van der Waals surface area contributed by atoms with Crippen LogP contribution in [0.4, 0.5) is 0 Å². The maximum absolute atomic E-state index is 13.5. The predicted octanol–water partition coefficient (Wildman–Crippen LogP) is 4.57. The van der Waals surface area contributed by atoms with E-state index in [4.69, 9.17) is 4.74 Å². The SMILES string of the molecule is COc1ccc([C@H]2[C@@H](C(=O)O)c3ccccc3C(=O)N2Cc2ccc(C)cc2)cc1. The molecule has 152 valence electrons. The number of carbonyl (C=O) groups excluding carboxylic acids is 1. The molecule has 4 rings (SSSR count). The number of aryl methyl sites for hydroxylation is 1. The Morgan fingerprint density at radius 1 is 1.00 bits per heavy atom. The van der Waals surface area contributed by atoms with E-state index in [2.05, 4.69) is 0 Å². The van der Waals surface area contributed by atoms with Crippen LogP contribution < -0.4 is 4.74 Å². The molecular formula is C25H23NO4. The summed E-state index contributed by atoms with van der Waals surface area (Å²) < 4.78 is 5.25. The third-order valence-electron chi connectivity index (χ3n) is 5.64. The molecule has 0 saturated carbocycles. The van der Waals surface area contributed by atoms with Gasteiger partial charge in [-0.15, -0.1) is 0 Å². The summed E-state index contributed by atoms with van der Waals surface area (Å²) in [7, 11) is 1.58. The fourth-order valence-corrected chi connectivity index (χ4v) is 4.10. The van der Waals surface area contributed by atoms with E-state index < -0.39 is 17.9 Å². The lowest BCUT2D eigenvalue weighted by atomic mass is 9.79. The molecule has 1 aliphatic rings. The van der Waals surface area contributed by atoms with Gasteiger partial charge in [0.1, 0.15) is 11.7 Å². The van der Waals surface area contributed by atoms with Crippen LogP contribution in [0.3, 0.4) is 0 Å². The van der Waals surface area contributed by atoms with Crippen molar-refractivity contribution in [1.29, 1.82) is 0 Å². The number of carboxylic acid groups (broad SMARTS) is 1. The number of nitrogens with zero attached hydrogens (tertiary/aromatic N) is 1. The maximum Gasteiger partial charge on any atom is 0.313 e. The third-order valence-corrected chi connectivity index (χ3v) is 5.64. The second-order valence-electron chi connectivity index (χ2n) is 7.54. The molecule has 0 aromatic heterocycles. The highest BCUT2D eigenvalue weighted by atomic mass is 16.5. The van der Waals surface area contributed by atoms with Gasteiger partial charge in [0.15, 0.2) is 0 Å². The summed E-state index contributed by atoms with van der Waals surface area (Å²) in [6.07, 6.45) is 0. The molecule has 0 aliphatic carbocycles. The summed E-state index contributed by atoms with van der Waals surface area (Å²) in [4.78, 5) is 27.6. The topological polar surface area (TPSA) is 66.8 Å². The van der Waals surface area contributed by atoms with Crippen LogP contribution in [0.25, 0.3) is 0 Å². The first-order valence-electron chi connectivity index (χ1n) is 9.82. The van der Waals surface area contributed by atoms with Crippen molar-refractivity contribution in [3.63, 3.8) is 0 Å². The lowest BCUT2D eigenvalue weighted by molar-refractivity contribution is -0.140. The highest BCUT2D eigenvalue weighted by Crippen LogP contribution is 2.43. The molecule has 30 heavy (non-hydrogen) atoms. The van der Waals surface area contributed by atoms with E-state index >= 15 is 0 Å². The van der Waals surface area contributed by atoms with Gasteiger partial charge in [-0.05, 0) is 41.8 Å². The second kappa shape index (κ2) is 8.03. The quantitative estimate of drug-likeness (QED) is 0.680. The van der Waals surface area contributed by atoms with Crippen LogP contribution in [0.15, 0.2) is 72.8 Å². The van der Waals surface area contributed by atoms with Crippen molar-refractivity contribution in [3.8, 4) is 5.75 Å². The van der Waals surface area contributed by atoms with Gasteiger partial charge in [0.25, 0.3) is 5.91 Å². The summed E-state index contributed by atoms with van der Waals surface area (Å²) >= 11 is 0. The Kier molecular flexibility index (Phi) is 5.27. The van der Waals surface area contributed by atoms with Gasteiger partial charge in [-0.2, -0.15) is 0 Å². The second-order valence-corrected chi connectivity index (χ2v) is 7.54. The van der Waals surface area contributed by atoms with E-state index in [1.807, 2.05) is 43.3 Å². The molecule has 0 unspecified atom stereocenters. The molecule has 2 atom stereocenters. The Labute approximate surface area is 175 Å². The number of amides is 1. The average molecular weight is 401 g/mol. The summed E-state index contributed by atoms with van der Waals surface area (Å²) in [6, 6.07) is 21.6. The van der Waals surface area contributed by atoms with Crippen LogP contribution in [-0.2, 0) is 11.3 Å². The van der Waals surface area contributed by atoms with Crippen LogP contribution in [-0.4, -0.2) is 29.0 Å². The normalized spacial score (nSPS) is 18.1. The van der Waals surface area contributed by atoms with Crippen LogP contribution in [0.2, 0.25) is 0 Å². The third kappa shape index (κ3) is 3.54. The van der Waals surface area contributed by atoms with E-state index in [0.29, 0.717) is 23.4 Å². The Hall–Kier alpha value is -3.60. The number of ether oxygens (including phenoxy) is 1. The Bertz CT molecular complexity index is 1070. The van der Waals surface area contributed by atoms with Crippen molar-refractivity contribution in [1.82, 2.24) is 4.90 Å². The number of methoxy groups -OCH3 is 1. The molecule has 1 heterocycles. The molecule has 0 bridgehead atoms. The number of carboxylic acids is 1. The number of benzene rings is 3. The first kappa shape index (κ1) is 19.7. The Balaban J connectivity index is 1.85. The largest absolute Gasteiger partial charge is 0.497 e. The molecule has 0 spiro atoms. The number of fused-ring (bicyclic) bond motifs is 1. The molecule has 1 amide bonds. The zero-order valence-electron chi connectivity index (χ0n) is 16.9. The number of hydrogen-bond acceptors (Lipinski definition) is 3. The van der Waals surface area contributed by atoms with Gasteiger partial charge < -0.3 is 14.7 Å². The van der Waals surface area contributed by atoms with Gasteiger partial charge in [0.2, 0.25) is 0 Å². The molecule has 0 radical (unpaired) electrons. The van der Waals surface area contributed by atoms with Gasteiger partial charge in [0, 0.05) is 12.1 Å². The van der Waals surface area contributed by atoms with E-state index in [1.165, 1.54) is 0 Å². The first-order chi connectivity index (χ1) is 14.5. The van der Waals surface area contributed by atoms with Crippen LogP contribution in [0.1, 0.15) is 44.6 Å². The highest BCUT2D eigenvalue weighted by molar-refractivity contribution is 6.00. The van der Waals surface area contributed by atoms with Crippen molar-refractivity contribution in [2.75, 3.05) is 7.11 Å². The van der Waals surface area contributed by atoms with Crippen molar-refractivity contribution < 1.29 is 19.4 Å². The lowest BCUT2D eigenvalue weighted by Gasteiger charge is -2.41. The molecule has 0 saturated heterocycles. The van der Waals surface area contributed by atoms with Crippen LogP contribution >= 0.6 is 0 Å². The minimum Gasteiger partial charge on any atom is -0.497 e. The van der Waals surface area contributed by atoms with Gasteiger partial charge in [-0.3, -0.25) is 9.59 Å². The first-order valence-corrected chi connectivity index (χ1v) is 9.82. The number of aliphatic carboxylic acids is 1. The van der Waals surface area contributed by atoms with Gasteiger partial charge in [-0.1, -0.05) is 60.2 Å². The fraction of sp³-hybridized carbons (Fsp3) is 0.200. The lowest BCUT2D eigenvalue weighted by Crippen LogP contribution is -2.44. The highest BCUT2D eigenvalue weighted by Gasteiger charge is 2.44. The molecule has 1 N–H and O–H groups in total. The van der Waals surface area contributed by atoms with Gasteiger partial charge in [0.05, 0.1) is 13.2 Å². The van der Waals surface area contributed by atoms with Crippen molar-refractivity contribution in [3.05, 3.63) is 101 Å².